The second-order valence-corrected chi connectivity index (χ2v) is 5.76. The van der Waals surface area contributed by atoms with E-state index in [4.69, 9.17) is 0 Å². The molecule has 82 valence electrons. The van der Waals surface area contributed by atoms with Crippen molar-refractivity contribution < 1.29 is 5.11 Å². The normalized spacial score (nSPS) is 25.4. The molecule has 0 radical (unpaired) electrons. The molecule has 1 nitrogen and oxygen atoms in total. The first-order valence-electron chi connectivity index (χ1n) is 5.51. The van der Waals surface area contributed by atoms with Gasteiger partial charge in [0.2, 0.25) is 0 Å². The molecule has 0 saturated carbocycles. The third kappa shape index (κ3) is 2.11. The van der Waals surface area contributed by atoms with E-state index in [0.29, 0.717) is 5.92 Å². The average molecular weight is 269 g/mol. The first kappa shape index (κ1) is 11.2. The van der Waals surface area contributed by atoms with Crippen LogP contribution in [0.1, 0.15) is 31.4 Å². The van der Waals surface area contributed by atoms with Gasteiger partial charge in [-0.05, 0) is 42.0 Å². The highest BCUT2D eigenvalue weighted by Gasteiger charge is 2.34. The maximum atomic E-state index is 10.5. The Labute approximate surface area is 99.6 Å². The highest BCUT2D eigenvalue weighted by molar-refractivity contribution is 9.10. The zero-order valence-corrected chi connectivity index (χ0v) is 10.8. The van der Waals surface area contributed by atoms with Crippen LogP contribution < -0.4 is 0 Å². The molecular weight excluding hydrogens is 252 g/mol. The second kappa shape index (κ2) is 3.91. The SMILES string of the molecule is CC(C)C1(O)CCc2cc(Br)ccc2C1. The van der Waals surface area contributed by atoms with Crippen molar-refractivity contribution in [3.63, 3.8) is 0 Å². The molecule has 1 aromatic rings. The van der Waals surface area contributed by atoms with Crippen molar-refractivity contribution in [3.8, 4) is 0 Å². The van der Waals surface area contributed by atoms with E-state index in [0.717, 1.165) is 23.7 Å². The lowest BCUT2D eigenvalue weighted by Gasteiger charge is -2.37. The molecule has 0 spiro atoms. The van der Waals surface area contributed by atoms with Crippen molar-refractivity contribution in [3.05, 3.63) is 33.8 Å². The summed E-state index contributed by atoms with van der Waals surface area (Å²) < 4.78 is 1.14. The molecule has 0 amide bonds. The van der Waals surface area contributed by atoms with Crippen molar-refractivity contribution in [2.75, 3.05) is 0 Å². The van der Waals surface area contributed by atoms with E-state index in [9.17, 15) is 5.11 Å². The van der Waals surface area contributed by atoms with Crippen LogP contribution in [0.4, 0.5) is 0 Å². The first-order chi connectivity index (χ1) is 7.01. The molecule has 2 rings (SSSR count). The van der Waals surface area contributed by atoms with Gasteiger partial charge in [0, 0.05) is 10.9 Å². The zero-order chi connectivity index (χ0) is 11.1. The highest BCUT2D eigenvalue weighted by atomic mass is 79.9. The molecule has 15 heavy (non-hydrogen) atoms. The molecule has 0 saturated heterocycles. The van der Waals surface area contributed by atoms with Gasteiger partial charge in [0.25, 0.3) is 0 Å². The Balaban J connectivity index is 2.31. The van der Waals surface area contributed by atoms with Crippen LogP contribution in [0.25, 0.3) is 0 Å². The van der Waals surface area contributed by atoms with Crippen LogP contribution in [0.15, 0.2) is 22.7 Å². The maximum absolute atomic E-state index is 10.5. The van der Waals surface area contributed by atoms with E-state index >= 15 is 0 Å². The zero-order valence-electron chi connectivity index (χ0n) is 9.26. The van der Waals surface area contributed by atoms with Gasteiger partial charge in [-0.15, -0.1) is 0 Å². The maximum Gasteiger partial charge on any atom is 0.0713 e. The molecule has 0 aromatic heterocycles. The lowest BCUT2D eigenvalue weighted by atomic mass is 9.74. The summed E-state index contributed by atoms with van der Waals surface area (Å²) in [5.74, 6) is 0.328. The minimum absolute atomic E-state index is 0.328. The molecule has 0 fully saturated rings. The number of hydrogen-bond donors (Lipinski definition) is 1. The molecule has 1 atom stereocenters. The van der Waals surface area contributed by atoms with Gasteiger partial charge in [-0.2, -0.15) is 0 Å². The van der Waals surface area contributed by atoms with Crippen LogP contribution in [0.2, 0.25) is 0 Å². The molecular formula is C13H17BrO. The molecule has 0 aliphatic heterocycles. The van der Waals surface area contributed by atoms with Crippen molar-refractivity contribution in [2.24, 2.45) is 5.92 Å². The molecule has 0 heterocycles. The van der Waals surface area contributed by atoms with E-state index in [-0.39, 0.29) is 0 Å². The van der Waals surface area contributed by atoms with Gasteiger partial charge in [0.15, 0.2) is 0 Å². The molecule has 2 heteroatoms. The summed E-state index contributed by atoms with van der Waals surface area (Å²) >= 11 is 3.49. The number of benzene rings is 1. The third-order valence-corrected chi connectivity index (χ3v) is 4.06. The summed E-state index contributed by atoms with van der Waals surface area (Å²) in [6.45, 7) is 4.20. The minimum atomic E-state index is -0.499. The van der Waals surface area contributed by atoms with Crippen LogP contribution >= 0.6 is 15.9 Å². The number of halogens is 1. The lowest BCUT2D eigenvalue weighted by molar-refractivity contribution is -0.0173. The molecule has 1 unspecified atom stereocenters. The lowest BCUT2D eigenvalue weighted by Crippen LogP contribution is -2.40. The Bertz CT molecular complexity index is 373. The summed E-state index contributed by atoms with van der Waals surface area (Å²) in [6.07, 6.45) is 2.67. The quantitative estimate of drug-likeness (QED) is 0.829. The van der Waals surface area contributed by atoms with Crippen LogP contribution in [-0.2, 0) is 12.8 Å². The van der Waals surface area contributed by atoms with Gasteiger partial charge in [0.1, 0.15) is 0 Å². The summed E-state index contributed by atoms with van der Waals surface area (Å²) in [7, 11) is 0. The largest absolute Gasteiger partial charge is 0.389 e. The Morgan fingerprint density at radius 2 is 2.07 bits per heavy atom. The Morgan fingerprint density at radius 3 is 2.73 bits per heavy atom. The predicted molar refractivity (Wildman–Crippen MR) is 66.0 cm³/mol. The number of rotatable bonds is 1. The summed E-state index contributed by atoms with van der Waals surface area (Å²) in [5.41, 5.74) is 2.19. The Hall–Kier alpha value is -0.340. The number of aryl methyl sites for hydroxylation is 1. The van der Waals surface area contributed by atoms with E-state index < -0.39 is 5.60 Å². The fourth-order valence-corrected chi connectivity index (χ4v) is 2.67. The van der Waals surface area contributed by atoms with Crippen molar-refractivity contribution in [2.45, 2.75) is 38.7 Å². The van der Waals surface area contributed by atoms with Crippen LogP contribution in [0, 0.1) is 5.92 Å². The van der Waals surface area contributed by atoms with Crippen LogP contribution in [0.3, 0.4) is 0 Å². The van der Waals surface area contributed by atoms with Gasteiger partial charge in [-0.25, -0.2) is 0 Å². The monoisotopic (exact) mass is 268 g/mol. The fourth-order valence-electron chi connectivity index (χ4n) is 2.26. The fraction of sp³-hybridized carbons (Fsp3) is 0.538. The topological polar surface area (TPSA) is 20.2 Å². The van der Waals surface area contributed by atoms with Crippen molar-refractivity contribution in [1.82, 2.24) is 0 Å². The highest BCUT2D eigenvalue weighted by Crippen LogP contribution is 2.34. The van der Waals surface area contributed by atoms with Gasteiger partial charge < -0.3 is 5.11 Å². The Morgan fingerprint density at radius 1 is 1.33 bits per heavy atom. The number of aliphatic hydroxyl groups is 1. The summed E-state index contributed by atoms with van der Waals surface area (Å²) in [4.78, 5) is 0. The van der Waals surface area contributed by atoms with Gasteiger partial charge in [0.05, 0.1) is 5.60 Å². The van der Waals surface area contributed by atoms with E-state index in [2.05, 4.69) is 48.0 Å². The molecule has 1 aliphatic carbocycles. The van der Waals surface area contributed by atoms with Gasteiger partial charge in [-0.1, -0.05) is 35.8 Å². The molecule has 1 N–H and O–H groups in total. The van der Waals surface area contributed by atoms with Crippen LogP contribution in [-0.4, -0.2) is 10.7 Å². The molecule has 0 bridgehead atoms. The Kier molecular flexibility index (Phi) is 2.91. The number of fused-ring (bicyclic) bond motifs is 1. The summed E-state index contributed by atoms with van der Waals surface area (Å²) in [6, 6.07) is 6.37. The second-order valence-electron chi connectivity index (χ2n) is 4.85. The number of hydrogen-bond acceptors (Lipinski definition) is 1. The molecule has 1 aliphatic rings. The van der Waals surface area contributed by atoms with E-state index in [1.807, 2.05) is 0 Å². The summed E-state index contributed by atoms with van der Waals surface area (Å²) in [5, 5.41) is 10.5. The first-order valence-corrected chi connectivity index (χ1v) is 6.30. The standard InChI is InChI=1S/C13H17BrO/c1-9(2)13(15)6-5-10-7-12(14)4-3-11(10)8-13/h3-4,7,9,15H,5-6,8H2,1-2H3. The predicted octanol–water partition coefficient (Wildman–Crippen LogP) is 3.32. The molecule has 1 aromatic carbocycles. The third-order valence-electron chi connectivity index (χ3n) is 3.57. The van der Waals surface area contributed by atoms with E-state index in [1.165, 1.54) is 11.1 Å². The smallest absolute Gasteiger partial charge is 0.0713 e. The van der Waals surface area contributed by atoms with Crippen LogP contribution in [0.5, 0.6) is 0 Å². The van der Waals surface area contributed by atoms with Gasteiger partial charge >= 0.3 is 0 Å². The minimum Gasteiger partial charge on any atom is -0.389 e. The average Bonchev–Trinajstić information content (AvgIpc) is 2.18. The van der Waals surface area contributed by atoms with Crippen molar-refractivity contribution in [1.29, 1.82) is 0 Å². The van der Waals surface area contributed by atoms with Gasteiger partial charge in [-0.3, -0.25) is 0 Å². The van der Waals surface area contributed by atoms with Crippen molar-refractivity contribution >= 4 is 15.9 Å². The van der Waals surface area contributed by atoms with E-state index in [1.54, 1.807) is 0 Å².